The quantitative estimate of drug-likeness (QED) is 0.681. The summed E-state index contributed by atoms with van der Waals surface area (Å²) < 4.78 is 0. The zero-order valence-corrected chi connectivity index (χ0v) is 10.5. The van der Waals surface area contributed by atoms with Crippen LogP contribution in [0, 0.1) is 5.92 Å². The second-order valence-electron chi connectivity index (χ2n) is 5.47. The van der Waals surface area contributed by atoms with E-state index < -0.39 is 0 Å². The highest BCUT2D eigenvalue weighted by atomic mass is 16.3. The fourth-order valence-corrected chi connectivity index (χ4v) is 2.82. The van der Waals surface area contributed by atoms with Crippen molar-refractivity contribution in [2.24, 2.45) is 5.92 Å². The highest BCUT2D eigenvalue weighted by molar-refractivity contribution is 5.76. The fraction of sp³-hybridized carbons (Fsp3) is 0.923. The molecule has 0 aromatic heterocycles. The molecule has 4 heteroatoms. The lowest BCUT2D eigenvalue weighted by Gasteiger charge is -2.26. The first-order chi connectivity index (χ1) is 8.24. The fourth-order valence-electron chi connectivity index (χ4n) is 2.82. The van der Waals surface area contributed by atoms with Crippen LogP contribution in [0.3, 0.4) is 0 Å². The summed E-state index contributed by atoms with van der Waals surface area (Å²) in [6, 6.07) is 0.299. The smallest absolute Gasteiger partial charge is 0.220 e. The maximum atomic E-state index is 11.8. The lowest BCUT2D eigenvalue weighted by atomic mass is 9.93. The average molecular weight is 240 g/mol. The van der Waals surface area contributed by atoms with Gasteiger partial charge < -0.3 is 15.7 Å². The molecule has 2 aliphatic rings. The number of nitrogens with one attached hydrogen (secondary N) is 2. The van der Waals surface area contributed by atoms with Crippen LogP contribution in [0.4, 0.5) is 0 Å². The Labute approximate surface area is 103 Å². The van der Waals surface area contributed by atoms with Gasteiger partial charge in [-0.25, -0.2) is 0 Å². The van der Waals surface area contributed by atoms with E-state index in [1.165, 1.54) is 6.42 Å². The summed E-state index contributed by atoms with van der Waals surface area (Å²) in [4.78, 5) is 11.8. The summed E-state index contributed by atoms with van der Waals surface area (Å²) >= 11 is 0. The summed E-state index contributed by atoms with van der Waals surface area (Å²) in [5.41, 5.74) is 0. The third-order valence-corrected chi connectivity index (χ3v) is 4.00. The van der Waals surface area contributed by atoms with Crippen LogP contribution in [0.25, 0.3) is 0 Å². The van der Waals surface area contributed by atoms with E-state index in [4.69, 9.17) is 0 Å². The lowest BCUT2D eigenvalue weighted by molar-refractivity contribution is -0.122. The zero-order valence-electron chi connectivity index (χ0n) is 10.5. The molecule has 0 bridgehead atoms. The monoisotopic (exact) mass is 240 g/mol. The summed E-state index contributed by atoms with van der Waals surface area (Å²) in [6.07, 6.45) is 6.25. The van der Waals surface area contributed by atoms with E-state index in [9.17, 15) is 9.90 Å². The molecule has 1 aliphatic carbocycles. The molecule has 4 nitrogen and oxygen atoms in total. The van der Waals surface area contributed by atoms with E-state index in [1.54, 1.807) is 0 Å². The van der Waals surface area contributed by atoms with E-state index in [-0.39, 0.29) is 12.0 Å². The third kappa shape index (κ3) is 4.28. The van der Waals surface area contributed by atoms with Crippen LogP contribution >= 0.6 is 0 Å². The van der Waals surface area contributed by atoms with Gasteiger partial charge in [0.25, 0.3) is 0 Å². The Hall–Kier alpha value is -0.610. The van der Waals surface area contributed by atoms with Gasteiger partial charge >= 0.3 is 0 Å². The Morgan fingerprint density at radius 1 is 1.24 bits per heavy atom. The predicted molar refractivity (Wildman–Crippen MR) is 66.6 cm³/mol. The summed E-state index contributed by atoms with van der Waals surface area (Å²) in [5, 5.41) is 15.8. The first-order valence-electron chi connectivity index (χ1n) is 6.92. The molecule has 0 spiro atoms. The van der Waals surface area contributed by atoms with Gasteiger partial charge in [-0.2, -0.15) is 0 Å². The molecule has 2 rings (SSSR count). The van der Waals surface area contributed by atoms with Crippen LogP contribution in [0.1, 0.15) is 44.9 Å². The van der Waals surface area contributed by atoms with E-state index in [1.807, 2.05) is 0 Å². The molecule has 0 aromatic carbocycles. The summed E-state index contributed by atoms with van der Waals surface area (Å²) in [7, 11) is 0. The number of amides is 1. The highest BCUT2D eigenvalue weighted by Crippen LogP contribution is 2.19. The summed E-state index contributed by atoms with van der Waals surface area (Å²) in [6.45, 7) is 2.18. The standard InChI is InChI=1S/C13H24N2O2/c16-12-4-2-11(3-5-12)15-13(17)6-1-10-7-8-14-9-10/h10-12,14,16H,1-9H2,(H,15,17). The summed E-state index contributed by atoms with van der Waals surface area (Å²) in [5.74, 6) is 0.882. The lowest BCUT2D eigenvalue weighted by Crippen LogP contribution is -2.38. The third-order valence-electron chi connectivity index (χ3n) is 4.00. The van der Waals surface area contributed by atoms with E-state index in [0.29, 0.717) is 18.4 Å². The largest absolute Gasteiger partial charge is 0.393 e. The molecule has 1 unspecified atom stereocenters. The minimum Gasteiger partial charge on any atom is -0.393 e. The minimum atomic E-state index is -0.146. The van der Waals surface area contributed by atoms with Crippen LogP contribution in [0.5, 0.6) is 0 Å². The number of rotatable bonds is 4. The first kappa shape index (κ1) is 12.8. The zero-order chi connectivity index (χ0) is 12.1. The number of aliphatic hydroxyl groups excluding tert-OH is 1. The van der Waals surface area contributed by atoms with Crippen molar-refractivity contribution in [1.29, 1.82) is 0 Å². The predicted octanol–water partition coefficient (Wildman–Crippen LogP) is 0.796. The van der Waals surface area contributed by atoms with Crippen molar-refractivity contribution in [3.8, 4) is 0 Å². The highest BCUT2D eigenvalue weighted by Gasteiger charge is 2.21. The van der Waals surface area contributed by atoms with Gasteiger partial charge in [0.1, 0.15) is 0 Å². The second-order valence-corrected chi connectivity index (χ2v) is 5.47. The minimum absolute atomic E-state index is 0.146. The molecule has 1 atom stereocenters. The Kier molecular flexibility index (Phi) is 4.80. The Morgan fingerprint density at radius 3 is 2.65 bits per heavy atom. The first-order valence-corrected chi connectivity index (χ1v) is 6.92. The van der Waals surface area contributed by atoms with E-state index in [2.05, 4.69) is 10.6 Å². The number of hydrogen-bond donors (Lipinski definition) is 3. The normalized spacial score (nSPS) is 33.6. The van der Waals surface area contributed by atoms with Crippen LogP contribution in [-0.4, -0.2) is 36.2 Å². The van der Waals surface area contributed by atoms with E-state index >= 15 is 0 Å². The van der Waals surface area contributed by atoms with Crippen molar-refractivity contribution in [1.82, 2.24) is 10.6 Å². The number of hydrogen-bond acceptors (Lipinski definition) is 3. The SMILES string of the molecule is O=C(CCC1CCNC1)NC1CCC(O)CC1. The van der Waals surface area contributed by atoms with E-state index in [0.717, 1.165) is 45.2 Å². The molecule has 98 valence electrons. The molecule has 17 heavy (non-hydrogen) atoms. The van der Waals surface area contributed by atoms with Gasteiger partial charge in [-0.3, -0.25) is 4.79 Å². The molecule has 0 radical (unpaired) electrons. The molecule has 1 saturated carbocycles. The van der Waals surface area contributed by atoms with Gasteiger partial charge in [-0.1, -0.05) is 0 Å². The van der Waals surface area contributed by atoms with Crippen molar-refractivity contribution in [2.45, 2.75) is 57.1 Å². The van der Waals surface area contributed by atoms with Gasteiger partial charge in [0.2, 0.25) is 5.91 Å². The van der Waals surface area contributed by atoms with Crippen molar-refractivity contribution >= 4 is 5.91 Å². The molecule has 1 heterocycles. The number of carbonyl (C=O) groups excluding carboxylic acids is 1. The number of carbonyl (C=O) groups is 1. The molecular weight excluding hydrogens is 216 g/mol. The topological polar surface area (TPSA) is 61.4 Å². The number of aliphatic hydroxyl groups is 1. The molecule has 2 fully saturated rings. The van der Waals surface area contributed by atoms with Crippen LogP contribution in [0.15, 0.2) is 0 Å². The Balaban J connectivity index is 1.60. The van der Waals surface area contributed by atoms with Crippen molar-refractivity contribution in [3.05, 3.63) is 0 Å². The molecule has 1 saturated heterocycles. The molecule has 3 N–H and O–H groups in total. The van der Waals surface area contributed by atoms with Gasteiger partial charge in [-0.05, 0) is 57.5 Å². The van der Waals surface area contributed by atoms with Crippen LogP contribution in [0.2, 0.25) is 0 Å². The maximum Gasteiger partial charge on any atom is 0.220 e. The second kappa shape index (κ2) is 6.36. The van der Waals surface area contributed by atoms with Gasteiger partial charge in [0.05, 0.1) is 6.10 Å². The molecular formula is C13H24N2O2. The van der Waals surface area contributed by atoms with Crippen LogP contribution in [-0.2, 0) is 4.79 Å². The molecule has 1 amide bonds. The molecule has 0 aromatic rings. The van der Waals surface area contributed by atoms with Crippen molar-refractivity contribution in [3.63, 3.8) is 0 Å². The maximum absolute atomic E-state index is 11.8. The van der Waals surface area contributed by atoms with Gasteiger partial charge in [0, 0.05) is 12.5 Å². The van der Waals surface area contributed by atoms with Crippen LogP contribution < -0.4 is 10.6 Å². The van der Waals surface area contributed by atoms with Crippen molar-refractivity contribution < 1.29 is 9.90 Å². The molecule has 1 aliphatic heterocycles. The van der Waals surface area contributed by atoms with Gasteiger partial charge in [0.15, 0.2) is 0 Å². The Morgan fingerprint density at radius 2 is 2.00 bits per heavy atom. The average Bonchev–Trinajstić information content (AvgIpc) is 2.83. The Bertz CT molecular complexity index is 244. The van der Waals surface area contributed by atoms with Gasteiger partial charge in [-0.15, -0.1) is 0 Å². The van der Waals surface area contributed by atoms with Crippen molar-refractivity contribution in [2.75, 3.05) is 13.1 Å².